The van der Waals surface area contributed by atoms with Crippen molar-refractivity contribution in [2.45, 2.75) is 64.2 Å². The first-order valence-electron chi connectivity index (χ1n) is 10.0. The average Bonchev–Trinajstić information content (AvgIpc) is 2.68. The Kier molecular flexibility index (Phi) is 5.60. The summed E-state index contributed by atoms with van der Waals surface area (Å²) in [7, 11) is 0. The quantitative estimate of drug-likeness (QED) is 0.656. The van der Waals surface area contributed by atoms with Gasteiger partial charge in [0.1, 0.15) is 11.5 Å². The molecule has 26 heavy (non-hydrogen) atoms. The van der Waals surface area contributed by atoms with Crippen LogP contribution in [0, 0.1) is 11.8 Å². The van der Waals surface area contributed by atoms with Crippen LogP contribution in [0.15, 0.2) is 48.5 Å². The molecular formula is C24H32O2. The van der Waals surface area contributed by atoms with Crippen molar-refractivity contribution in [1.29, 1.82) is 0 Å². The Labute approximate surface area is 157 Å². The van der Waals surface area contributed by atoms with Crippen molar-refractivity contribution in [2.24, 2.45) is 11.8 Å². The predicted molar refractivity (Wildman–Crippen MR) is 108 cm³/mol. The smallest absolute Gasteiger partial charge is 0.115 e. The molecule has 0 aromatic heterocycles. The molecule has 0 bridgehead atoms. The summed E-state index contributed by atoms with van der Waals surface area (Å²) in [5, 5.41) is 19.2. The summed E-state index contributed by atoms with van der Waals surface area (Å²) in [4.78, 5) is 0. The van der Waals surface area contributed by atoms with Gasteiger partial charge in [0.05, 0.1) is 0 Å². The third-order valence-electron chi connectivity index (χ3n) is 7.07. The topological polar surface area (TPSA) is 40.5 Å². The molecule has 140 valence electrons. The monoisotopic (exact) mass is 352 g/mol. The molecule has 2 aromatic rings. The van der Waals surface area contributed by atoms with Gasteiger partial charge in [-0.15, -0.1) is 0 Å². The second-order valence-electron chi connectivity index (χ2n) is 8.28. The summed E-state index contributed by atoms with van der Waals surface area (Å²) < 4.78 is 0. The van der Waals surface area contributed by atoms with E-state index in [9.17, 15) is 10.2 Å². The lowest BCUT2D eigenvalue weighted by molar-refractivity contribution is 0.144. The summed E-state index contributed by atoms with van der Waals surface area (Å²) in [6, 6.07) is 15.7. The summed E-state index contributed by atoms with van der Waals surface area (Å²) in [5.74, 6) is 2.56. The van der Waals surface area contributed by atoms with Gasteiger partial charge in [-0.1, -0.05) is 51.5 Å². The lowest BCUT2D eigenvalue weighted by Gasteiger charge is -2.46. The average molecular weight is 353 g/mol. The summed E-state index contributed by atoms with van der Waals surface area (Å²) in [5.41, 5.74) is 2.86. The van der Waals surface area contributed by atoms with E-state index in [1.165, 1.54) is 36.8 Å². The van der Waals surface area contributed by atoms with E-state index in [2.05, 4.69) is 45.0 Å². The minimum Gasteiger partial charge on any atom is -0.508 e. The second kappa shape index (κ2) is 7.73. The summed E-state index contributed by atoms with van der Waals surface area (Å²) in [6.45, 7) is 7.09. The maximum atomic E-state index is 9.69. The van der Waals surface area contributed by atoms with Crippen LogP contribution in [0.4, 0.5) is 0 Å². The SMILES string of the molecule is CCC(C)C(C)(c1ccc(O)cc1)C1CCC(c2ccc(O)cc2)CC1. The largest absolute Gasteiger partial charge is 0.508 e. The molecule has 0 heterocycles. The molecule has 1 aliphatic carbocycles. The Bertz CT molecular complexity index is 696. The summed E-state index contributed by atoms with van der Waals surface area (Å²) in [6.07, 6.45) is 6.04. The number of rotatable bonds is 5. The van der Waals surface area contributed by atoms with Crippen LogP contribution >= 0.6 is 0 Å². The number of aromatic hydroxyl groups is 2. The lowest BCUT2D eigenvalue weighted by Crippen LogP contribution is -2.40. The molecule has 2 N–H and O–H groups in total. The Morgan fingerprint density at radius 3 is 1.88 bits per heavy atom. The molecule has 1 saturated carbocycles. The van der Waals surface area contributed by atoms with Crippen LogP contribution in [0.25, 0.3) is 0 Å². The van der Waals surface area contributed by atoms with E-state index in [0.717, 1.165) is 6.42 Å². The Hall–Kier alpha value is -1.96. The van der Waals surface area contributed by atoms with Gasteiger partial charge in [-0.25, -0.2) is 0 Å². The molecule has 1 fully saturated rings. The van der Waals surface area contributed by atoms with Gasteiger partial charge in [-0.3, -0.25) is 0 Å². The van der Waals surface area contributed by atoms with Crippen LogP contribution in [0.1, 0.15) is 69.9 Å². The van der Waals surface area contributed by atoms with Gasteiger partial charge in [-0.05, 0) is 84.2 Å². The molecule has 0 aliphatic heterocycles. The van der Waals surface area contributed by atoms with Crippen molar-refractivity contribution in [1.82, 2.24) is 0 Å². The molecule has 0 saturated heterocycles. The van der Waals surface area contributed by atoms with Crippen LogP contribution < -0.4 is 0 Å². The van der Waals surface area contributed by atoms with Crippen LogP contribution in [-0.4, -0.2) is 10.2 Å². The molecule has 2 nitrogen and oxygen atoms in total. The van der Waals surface area contributed by atoms with Crippen LogP contribution in [0.2, 0.25) is 0 Å². The second-order valence-corrected chi connectivity index (χ2v) is 8.28. The van der Waals surface area contributed by atoms with Crippen LogP contribution in [0.5, 0.6) is 11.5 Å². The van der Waals surface area contributed by atoms with Gasteiger partial charge >= 0.3 is 0 Å². The molecule has 1 aliphatic rings. The highest BCUT2D eigenvalue weighted by atomic mass is 16.3. The first kappa shape index (κ1) is 18.8. The summed E-state index contributed by atoms with van der Waals surface area (Å²) >= 11 is 0. The molecular weight excluding hydrogens is 320 g/mol. The minimum absolute atomic E-state index is 0.141. The fraction of sp³-hybridized carbons (Fsp3) is 0.500. The van der Waals surface area contributed by atoms with Gasteiger partial charge < -0.3 is 10.2 Å². The van der Waals surface area contributed by atoms with Gasteiger partial charge in [0, 0.05) is 0 Å². The molecule has 3 rings (SSSR count). The highest BCUT2D eigenvalue weighted by molar-refractivity contribution is 5.33. The molecule has 0 amide bonds. The fourth-order valence-corrected chi connectivity index (χ4v) is 4.94. The predicted octanol–water partition coefficient (Wildman–Crippen LogP) is 6.38. The maximum Gasteiger partial charge on any atom is 0.115 e. The van der Waals surface area contributed by atoms with Crippen molar-refractivity contribution in [3.8, 4) is 11.5 Å². The number of hydrogen-bond donors (Lipinski definition) is 2. The van der Waals surface area contributed by atoms with Crippen molar-refractivity contribution in [2.75, 3.05) is 0 Å². The Morgan fingerprint density at radius 2 is 1.38 bits per heavy atom. The molecule has 2 heteroatoms. The number of hydrogen-bond acceptors (Lipinski definition) is 2. The zero-order chi connectivity index (χ0) is 18.7. The third-order valence-corrected chi connectivity index (χ3v) is 7.07. The highest BCUT2D eigenvalue weighted by Gasteiger charge is 2.41. The zero-order valence-electron chi connectivity index (χ0n) is 16.3. The van der Waals surface area contributed by atoms with E-state index in [1.54, 1.807) is 12.1 Å². The van der Waals surface area contributed by atoms with Crippen molar-refractivity contribution in [3.63, 3.8) is 0 Å². The first-order valence-corrected chi connectivity index (χ1v) is 10.0. The lowest BCUT2D eigenvalue weighted by atomic mass is 9.58. The number of phenols is 2. The van der Waals surface area contributed by atoms with Crippen molar-refractivity contribution in [3.05, 3.63) is 59.7 Å². The molecule has 0 radical (unpaired) electrons. The van der Waals surface area contributed by atoms with E-state index in [4.69, 9.17) is 0 Å². The Balaban J connectivity index is 1.79. The van der Waals surface area contributed by atoms with Gasteiger partial charge in [0.15, 0.2) is 0 Å². The van der Waals surface area contributed by atoms with E-state index >= 15 is 0 Å². The van der Waals surface area contributed by atoms with Crippen molar-refractivity contribution < 1.29 is 10.2 Å². The fourth-order valence-electron chi connectivity index (χ4n) is 4.94. The van der Waals surface area contributed by atoms with Crippen molar-refractivity contribution >= 4 is 0 Å². The first-order chi connectivity index (χ1) is 12.4. The number of benzene rings is 2. The molecule has 0 spiro atoms. The molecule has 2 aromatic carbocycles. The van der Waals surface area contributed by atoms with Crippen LogP contribution in [-0.2, 0) is 5.41 Å². The molecule has 2 atom stereocenters. The van der Waals surface area contributed by atoms with Gasteiger partial charge in [-0.2, -0.15) is 0 Å². The number of phenolic OH excluding ortho intramolecular Hbond substituents is 2. The zero-order valence-corrected chi connectivity index (χ0v) is 16.3. The molecule has 2 unspecified atom stereocenters. The van der Waals surface area contributed by atoms with Crippen LogP contribution in [0.3, 0.4) is 0 Å². The van der Waals surface area contributed by atoms with Gasteiger partial charge in [0.25, 0.3) is 0 Å². The third kappa shape index (κ3) is 3.60. The van der Waals surface area contributed by atoms with E-state index in [0.29, 0.717) is 29.3 Å². The van der Waals surface area contributed by atoms with Gasteiger partial charge in [0.2, 0.25) is 0 Å². The minimum atomic E-state index is 0.141. The van der Waals surface area contributed by atoms with E-state index in [1.807, 2.05) is 12.1 Å². The normalized spacial score (nSPS) is 24.0. The van der Waals surface area contributed by atoms with E-state index < -0.39 is 0 Å². The maximum absolute atomic E-state index is 9.69. The highest BCUT2D eigenvalue weighted by Crippen LogP contribution is 2.49. The Morgan fingerprint density at radius 1 is 0.885 bits per heavy atom. The standard InChI is InChI=1S/C24H32O2/c1-4-17(2)24(3,21-11-15-23(26)16-12-21)20-9-5-18(6-10-20)19-7-13-22(25)14-8-19/h7-8,11-18,20,25-26H,4-6,9-10H2,1-3H3. The van der Waals surface area contributed by atoms with E-state index in [-0.39, 0.29) is 5.41 Å².